The lowest BCUT2D eigenvalue weighted by Gasteiger charge is -2.24. The summed E-state index contributed by atoms with van der Waals surface area (Å²) in [5.74, 6) is 5.39. The predicted octanol–water partition coefficient (Wildman–Crippen LogP) is 12.0. The second-order valence-electron chi connectivity index (χ2n) is 13.2. The van der Waals surface area contributed by atoms with Crippen LogP contribution in [-0.2, 0) is 9.47 Å². The molecule has 0 radical (unpaired) electrons. The minimum absolute atomic E-state index is 0.284. The highest BCUT2D eigenvalue weighted by molar-refractivity contribution is 6.32. The summed E-state index contributed by atoms with van der Waals surface area (Å²) in [6, 6.07) is 31.9. The minimum atomic E-state index is -0.284. The number of ether oxygens (including phenoxy) is 6. The molecule has 7 heteroatoms. The molecule has 0 aromatic heterocycles. The molecule has 4 aromatic carbocycles. The summed E-state index contributed by atoms with van der Waals surface area (Å²) in [4.78, 5) is 0. The fourth-order valence-electron chi connectivity index (χ4n) is 6.61. The van der Waals surface area contributed by atoms with Crippen LogP contribution in [0.25, 0.3) is 16.9 Å². The average Bonchev–Trinajstić information content (AvgIpc) is 3.25. The van der Waals surface area contributed by atoms with Crippen LogP contribution in [0.5, 0.6) is 23.0 Å². The summed E-state index contributed by atoms with van der Waals surface area (Å²) in [6.07, 6.45) is 18.9. The Morgan fingerprint density at radius 2 is 1.13 bits per heavy atom. The Balaban J connectivity index is 1.17. The van der Waals surface area contributed by atoms with E-state index < -0.39 is 0 Å². The van der Waals surface area contributed by atoms with Gasteiger partial charge in [-0.3, -0.25) is 0 Å². The Bertz CT molecular complexity index is 2250. The highest BCUT2D eigenvalue weighted by Crippen LogP contribution is 2.38. The van der Waals surface area contributed by atoms with Gasteiger partial charge >= 0.3 is 0 Å². The van der Waals surface area contributed by atoms with E-state index in [-0.39, 0.29) is 6.10 Å². The third-order valence-electron chi connectivity index (χ3n) is 9.72. The molecule has 0 spiro atoms. The van der Waals surface area contributed by atoms with E-state index in [1.807, 2.05) is 103 Å². The molecule has 0 fully saturated rings. The van der Waals surface area contributed by atoms with E-state index in [0.29, 0.717) is 5.76 Å². The Kier molecular flexibility index (Phi) is 11.7. The molecule has 0 saturated heterocycles. The number of halogens is 1. The van der Waals surface area contributed by atoms with Crippen molar-refractivity contribution in [1.82, 2.24) is 0 Å². The van der Waals surface area contributed by atoms with Crippen molar-refractivity contribution in [2.75, 3.05) is 28.4 Å². The molecule has 0 N–H and O–H groups in total. The van der Waals surface area contributed by atoms with Crippen LogP contribution >= 0.6 is 11.6 Å². The van der Waals surface area contributed by atoms with Crippen molar-refractivity contribution in [2.24, 2.45) is 0 Å². The van der Waals surface area contributed by atoms with Crippen LogP contribution in [0.1, 0.15) is 47.6 Å². The minimum Gasteiger partial charge on any atom is -0.497 e. The monoisotopic (exact) mass is 750 g/mol. The molecule has 0 amide bonds. The van der Waals surface area contributed by atoms with Crippen molar-refractivity contribution in [3.05, 3.63) is 196 Å². The van der Waals surface area contributed by atoms with Crippen LogP contribution in [0.4, 0.5) is 0 Å². The largest absolute Gasteiger partial charge is 0.497 e. The lowest BCUT2D eigenvalue weighted by Crippen LogP contribution is -2.07. The maximum atomic E-state index is 7.14. The summed E-state index contributed by atoms with van der Waals surface area (Å²) in [6.45, 7) is 0. The van der Waals surface area contributed by atoms with Crippen LogP contribution in [-0.4, -0.2) is 28.4 Å². The van der Waals surface area contributed by atoms with Gasteiger partial charge in [0.2, 0.25) is 0 Å². The summed E-state index contributed by atoms with van der Waals surface area (Å²) in [5.41, 5.74) is 8.28. The van der Waals surface area contributed by atoms with Crippen molar-refractivity contribution in [1.29, 1.82) is 0 Å². The van der Waals surface area contributed by atoms with E-state index in [1.54, 1.807) is 28.4 Å². The number of rotatable bonds is 11. The first-order valence-electron chi connectivity index (χ1n) is 18.2. The van der Waals surface area contributed by atoms with Gasteiger partial charge in [0.05, 0.1) is 28.4 Å². The second kappa shape index (κ2) is 17.4. The van der Waals surface area contributed by atoms with Crippen molar-refractivity contribution in [2.45, 2.75) is 25.4 Å². The van der Waals surface area contributed by atoms with E-state index in [2.05, 4.69) is 42.5 Å². The fourth-order valence-corrected chi connectivity index (χ4v) is 6.93. The zero-order valence-corrected chi connectivity index (χ0v) is 32.1. The van der Waals surface area contributed by atoms with Gasteiger partial charge in [-0.2, -0.15) is 0 Å². The van der Waals surface area contributed by atoms with Crippen LogP contribution in [0.15, 0.2) is 173 Å². The highest BCUT2D eigenvalue weighted by atomic mass is 35.5. The summed E-state index contributed by atoms with van der Waals surface area (Å²) in [7, 11) is 6.67. The molecule has 55 heavy (non-hydrogen) atoms. The first-order valence-corrected chi connectivity index (χ1v) is 18.6. The zero-order valence-electron chi connectivity index (χ0n) is 31.4. The van der Waals surface area contributed by atoms with Crippen LogP contribution in [0, 0.1) is 0 Å². The van der Waals surface area contributed by atoms with Gasteiger partial charge in [-0.05, 0) is 155 Å². The number of methoxy groups -OCH3 is 4. The molecule has 2 heterocycles. The Labute approximate surface area is 328 Å². The number of hydrogen-bond acceptors (Lipinski definition) is 6. The molecule has 1 aliphatic carbocycles. The topological polar surface area (TPSA) is 55.4 Å². The lowest BCUT2D eigenvalue weighted by molar-refractivity contribution is 0.164. The molecule has 7 rings (SSSR count). The van der Waals surface area contributed by atoms with Crippen LogP contribution < -0.4 is 18.9 Å². The SMILES string of the molecule is COc1ccc(C2=CC(=CC=C3CCCC(C=CC4=CC(c5ccc(OC)cc5)=CC(c5ccc(OC)cc5)O4)=C3Cl)OC(c3ccc(OC)cc3)=C2)cc1. The van der Waals surface area contributed by atoms with Crippen molar-refractivity contribution in [3.8, 4) is 23.0 Å². The van der Waals surface area contributed by atoms with E-state index in [4.69, 9.17) is 40.0 Å². The fraction of sp³-hybridized carbons (Fsp3) is 0.167. The second-order valence-corrected chi connectivity index (χ2v) is 13.5. The third kappa shape index (κ3) is 8.99. The zero-order chi connectivity index (χ0) is 38.1. The van der Waals surface area contributed by atoms with Gasteiger partial charge in [0.1, 0.15) is 46.4 Å². The predicted molar refractivity (Wildman–Crippen MR) is 221 cm³/mol. The molecule has 2 aliphatic heterocycles. The van der Waals surface area contributed by atoms with E-state index >= 15 is 0 Å². The molecular formula is C48H43ClO6. The Morgan fingerprint density at radius 3 is 1.71 bits per heavy atom. The molecular weight excluding hydrogens is 708 g/mol. The molecule has 278 valence electrons. The summed E-state index contributed by atoms with van der Waals surface area (Å²) in [5, 5.41) is 0.745. The van der Waals surface area contributed by atoms with E-state index in [1.165, 1.54) is 0 Å². The Hall–Kier alpha value is -6.11. The lowest BCUT2D eigenvalue weighted by atomic mass is 9.93. The van der Waals surface area contributed by atoms with Gasteiger partial charge in [0.25, 0.3) is 0 Å². The molecule has 0 bridgehead atoms. The first kappa shape index (κ1) is 37.2. The van der Waals surface area contributed by atoms with Crippen molar-refractivity contribution in [3.63, 3.8) is 0 Å². The van der Waals surface area contributed by atoms with Crippen molar-refractivity contribution >= 4 is 28.5 Å². The summed E-state index contributed by atoms with van der Waals surface area (Å²) >= 11 is 7.14. The van der Waals surface area contributed by atoms with E-state index in [0.717, 1.165) is 103 Å². The maximum Gasteiger partial charge on any atom is 0.143 e. The normalized spacial score (nSPS) is 18.5. The average molecular weight is 751 g/mol. The quantitative estimate of drug-likeness (QED) is 0.152. The van der Waals surface area contributed by atoms with Gasteiger partial charge in [-0.15, -0.1) is 0 Å². The van der Waals surface area contributed by atoms with Crippen LogP contribution in [0.2, 0.25) is 0 Å². The molecule has 4 aromatic rings. The van der Waals surface area contributed by atoms with Crippen molar-refractivity contribution < 1.29 is 28.4 Å². The maximum absolute atomic E-state index is 7.14. The number of hydrogen-bond donors (Lipinski definition) is 0. The number of benzene rings is 4. The van der Waals surface area contributed by atoms with Gasteiger partial charge in [-0.25, -0.2) is 0 Å². The first-order chi connectivity index (χ1) is 26.9. The Morgan fingerprint density at radius 1 is 0.582 bits per heavy atom. The molecule has 1 atom stereocenters. The van der Waals surface area contributed by atoms with Gasteiger partial charge in [-0.1, -0.05) is 60.2 Å². The highest BCUT2D eigenvalue weighted by Gasteiger charge is 2.20. The standard InChI is InChI=1S/C48H43ClO6/c1-50-40-18-8-32(9-19-40)38-28-44(54-46(30-38)34-12-22-42(52-3)23-13-34)26-16-36-6-5-7-37(48(36)49)17-27-45-29-39(33-10-20-41(51-2)21-11-33)31-47(55-45)35-14-24-43(53-4)25-15-35/h8-31,46H,5-7H2,1-4H3. The van der Waals surface area contributed by atoms with E-state index in [9.17, 15) is 0 Å². The van der Waals surface area contributed by atoms with Gasteiger partial charge < -0.3 is 28.4 Å². The molecule has 3 aliphatic rings. The third-order valence-corrected chi connectivity index (χ3v) is 10.2. The van der Waals surface area contributed by atoms with Crippen LogP contribution in [0.3, 0.4) is 0 Å². The number of allylic oxidation sites excluding steroid dienone is 12. The van der Waals surface area contributed by atoms with Gasteiger partial charge in [0.15, 0.2) is 0 Å². The molecule has 6 nitrogen and oxygen atoms in total. The molecule has 1 unspecified atom stereocenters. The van der Waals surface area contributed by atoms with Gasteiger partial charge in [0, 0.05) is 10.6 Å². The summed E-state index contributed by atoms with van der Waals surface area (Å²) < 4.78 is 34.6. The smallest absolute Gasteiger partial charge is 0.143 e. The molecule has 0 saturated carbocycles.